The predicted molar refractivity (Wildman–Crippen MR) is 145 cm³/mol. The molecule has 1 fully saturated rings. The Bertz CT molecular complexity index is 1100. The third-order valence-electron chi connectivity index (χ3n) is 7.42. The molecule has 172 valence electrons. The summed E-state index contributed by atoms with van der Waals surface area (Å²) >= 11 is 1.92. The summed E-state index contributed by atoms with van der Waals surface area (Å²) in [5.41, 5.74) is 1.40. The Hall–Kier alpha value is -2.39. The first-order valence-corrected chi connectivity index (χ1v) is 15.1. The van der Waals surface area contributed by atoms with Crippen molar-refractivity contribution in [2.45, 2.75) is 37.2 Å². The maximum absolute atomic E-state index is 13.5. The summed E-state index contributed by atoms with van der Waals surface area (Å²) in [6, 6.07) is 32.7. The van der Waals surface area contributed by atoms with E-state index in [-0.39, 0.29) is 23.4 Å². The van der Waals surface area contributed by atoms with Gasteiger partial charge in [-0.3, -0.25) is 10.1 Å². The number of hydrogen-bond acceptors (Lipinski definition) is 3. The Morgan fingerprint density at radius 2 is 1.29 bits per heavy atom. The molecule has 3 nitrogen and oxygen atoms in total. The molecule has 1 saturated heterocycles. The van der Waals surface area contributed by atoms with Gasteiger partial charge >= 0.3 is 0 Å². The third kappa shape index (κ3) is 3.82. The fourth-order valence-electron chi connectivity index (χ4n) is 5.88. The highest BCUT2D eigenvalue weighted by molar-refractivity contribution is 8.04. The van der Waals surface area contributed by atoms with E-state index >= 15 is 0 Å². The minimum Gasteiger partial charge on any atom is -0.337 e. The van der Waals surface area contributed by atoms with Crippen molar-refractivity contribution in [3.63, 3.8) is 0 Å². The largest absolute Gasteiger partial charge is 0.337 e. The van der Waals surface area contributed by atoms with E-state index in [0.717, 1.165) is 19.0 Å². The van der Waals surface area contributed by atoms with Crippen LogP contribution in [0.1, 0.15) is 25.7 Å². The molecule has 1 aliphatic carbocycles. The molecule has 0 aromatic heterocycles. The van der Waals surface area contributed by atoms with E-state index in [2.05, 4.69) is 102 Å². The SMILES string of the molecule is O=C1NC(C[P+](c2ccccc2)(c2ccccc2)c2ccccc2)NC2SC3=C(CCCC3)C12. The van der Waals surface area contributed by atoms with Crippen LogP contribution in [0.3, 0.4) is 0 Å². The third-order valence-corrected chi connectivity index (χ3v) is 13.3. The van der Waals surface area contributed by atoms with Gasteiger partial charge in [0.05, 0.1) is 11.3 Å². The van der Waals surface area contributed by atoms with Crippen LogP contribution in [0.4, 0.5) is 0 Å². The van der Waals surface area contributed by atoms with Crippen molar-refractivity contribution in [2.75, 3.05) is 6.16 Å². The van der Waals surface area contributed by atoms with Crippen LogP contribution in [-0.2, 0) is 4.79 Å². The molecule has 2 N–H and O–H groups in total. The fourth-order valence-corrected chi connectivity index (χ4v) is 11.8. The van der Waals surface area contributed by atoms with Crippen LogP contribution >= 0.6 is 19.0 Å². The van der Waals surface area contributed by atoms with E-state index in [0.29, 0.717) is 0 Å². The maximum atomic E-state index is 13.5. The smallest absolute Gasteiger partial charge is 0.231 e. The zero-order valence-electron chi connectivity index (χ0n) is 19.2. The topological polar surface area (TPSA) is 41.1 Å². The number of amides is 1. The van der Waals surface area contributed by atoms with E-state index in [1.54, 1.807) is 0 Å². The highest BCUT2D eigenvalue weighted by atomic mass is 32.2. The van der Waals surface area contributed by atoms with Gasteiger partial charge in [-0.15, -0.1) is 11.8 Å². The van der Waals surface area contributed by atoms with E-state index in [4.69, 9.17) is 0 Å². The monoisotopic (exact) mass is 485 g/mol. The summed E-state index contributed by atoms with van der Waals surface area (Å²) in [5, 5.41) is 11.5. The summed E-state index contributed by atoms with van der Waals surface area (Å²) < 4.78 is 0. The van der Waals surface area contributed by atoms with Crippen molar-refractivity contribution in [1.82, 2.24) is 10.6 Å². The standard InChI is InChI=1S/C29H29N2OPS/c32-28-27-24-18-10-11-19-25(24)34-29(27)31-26(30-28)20-33(21-12-4-1-5-13-21,22-14-6-2-7-15-22)23-16-8-3-9-17-23/h1-9,12-17,26-27,29,31H,10-11,18-20H2/p+1. The van der Waals surface area contributed by atoms with Crippen LogP contribution in [0.25, 0.3) is 0 Å². The molecular formula is C29H30N2OPS+. The van der Waals surface area contributed by atoms with Crippen molar-refractivity contribution >= 4 is 40.8 Å². The summed E-state index contributed by atoms with van der Waals surface area (Å²) in [6.07, 6.45) is 5.47. The number of carbonyl (C=O) groups is 1. The number of fused-ring (bicyclic) bond motifs is 2. The van der Waals surface area contributed by atoms with Crippen LogP contribution in [-0.4, -0.2) is 23.6 Å². The van der Waals surface area contributed by atoms with Crippen LogP contribution in [0.5, 0.6) is 0 Å². The van der Waals surface area contributed by atoms with Gasteiger partial charge in [0, 0.05) is 0 Å². The molecule has 2 heterocycles. The molecule has 3 aromatic carbocycles. The Balaban J connectivity index is 1.41. The predicted octanol–water partition coefficient (Wildman–Crippen LogP) is 4.54. The lowest BCUT2D eigenvalue weighted by Gasteiger charge is -2.37. The summed E-state index contributed by atoms with van der Waals surface area (Å²) in [5.74, 6) is 0.204. The second-order valence-electron chi connectivity index (χ2n) is 9.40. The van der Waals surface area contributed by atoms with Gasteiger partial charge in [0.15, 0.2) is 0 Å². The van der Waals surface area contributed by atoms with Gasteiger partial charge in [0.25, 0.3) is 0 Å². The van der Waals surface area contributed by atoms with E-state index in [1.807, 2.05) is 11.8 Å². The summed E-state index contributed by atoms with van der Waals surface area (Å²) in [6.45, 7) is 0. The van der Waals surface area contributed by atoms with Crippen molar-refractivity contribution in [3.05, 3.63) is 101 Å². The minimum absolute atomic E-state index is 0.00513. The molecule has 5 heteroatoms. The molecule has 2 aliphatic heterocycles. The number of thioether (sulfide) groups is 1. The van der Waals surface area contributed by atoms with Crippen molar-refractivity contribution < 1.29 is 4.79 Å². The zero-order valence-corrected chi connectivity index (χ0v) is 20.9. The second kappa shape index (κ2) is 9.34. The maximum Gasteiger partial charge on any atom is 0.231 e. The lowest BCUT2D eigenvalue weighted by Crippen LogP contribution is -2.62. The first kappa shape index (κ1) is 22.1. The van der Waals surface area contributed by atoms with Crippen LogP contribution < -0.4 is 26.5 Å². The Morgan fingerprint density at radius 3 is 1.85 bits per heavy atom. The normalized spacial score (nSPS) is 24.4. The zero-order chi connectivity index (χ0) is 23.0. The Kier molecular flexibility index (Phi) is 6.07. The van der Waals surface area contributed by atoms with E-state index in [9.17, 15) is 4.79 Å². The van der Waals surface area contributed by atoms with E-state index < -0.39 is 7.26 Å². The van der Waals surface area contributed by atoms with E-state index in [1.165, 1.54) is 39.2 Å². The number of allylic oxidation sites excluding steroid dienone is 1. The molecule has 0 radical (unpaired) electrons. The quantitative estimate of drug-likeness (QED) is 0.522. The summed E-state index contributed by atoms with van der Waals surface area (Å²) in [4.78, 5) is 14.9. The highest BCUT2D eigenvalue weighted by Gasteiger charge is 2.51. The van der Waals surface area contributed by atoms with Gasteiger partial charge in [0.2, 0.25) is 5.91 Å². The molecule has 3 aliphatic rings. The van der Waals surface area contributed by atoms with Gasteiger partial charge in [-0.1, -0.05) is 54.6 Å². The number of nitrogens with one attached hydrogen (secondary N) is 2. The molecule has 3 unspecified atom stereocenters. The van der Waals surface area contributed by atoms with Crippen LogP contribution in [0, 0.1) is 5.92 Å². The van der Waals surface area contributed by atoms with Gasteiger partial charge in [-0.2, -0.15) is 0 Å². The molecule has 0 saturated carbocycles. The molecule has 6 rings (SSSR count). The molecule has 34 heavy (non-hydrogen) atoms. The molecular weight excluding hydrogens is 455 g/mol. The highest BCUT2D eigenvalue weighted by Crippen LogP contribution is 2.56. The van der Waals surface area contributed by atoms with Gasteiger partial charge in [0.1, 0.15) is 35.5 Å². The van der Waals surface area contributed by atoms with Crippen molar-refractivity contribution in [3.8, 4) is 0 Å². The van der Waals surface area contributed by atoms with Gasteiger partial charge in [-0.05, 0) is 72.6 Å². The van der Waals surface area contributed by atoms with Gasteiger partial charge in [-0.25, -0.2) is 0 Å². The molecule has 3 aromatic rings. The molecule has 1 amide bonds. The fraction of sp³-hybridized carbons (Fsp3) is 0.276. The van der Waals surface area contributed by atoms with Crippen molar-refractivity contribution in [2.24, 2.45) is 5.92 Å². The summed E-state index contributed by atoms with van der Waals surface area (Å²) in [7, 11) is -2.02. The molecule has 0 spiro atoms. The second-order valence-corrected chi connectivity index (χ2v) is 14.2. The number of benzene rings is 3. The molecule has 3 atom stereocenters. The lowest BCUT2D eigenvalue weighted by atomic mass is 9.87. The van der Waals surface area contributed by atoms with Crippen LogP contribution in [0.15, 0.2) is 101 Å². The first-order valence-electron chi connectivity index (χ1n) is 12.3. The molecule has 0 bridgehead atoms. The van der Waals surface area contributed by atoms with Gasteiger partial charge < -0.3 is 5.32 Å². The van der Waals surface area contributed by atoms with Crippen LogP contribution in [0.2, 0.25) is 0 Å². The lowest BCUT2D eigenvalue weighted by molar-refractivity contribution is -0.126. The Labute approximate surface area is 206 Å². The number of rotatable bonds is 5. The number of carbonyl (C=O) groups excluding carboxylic acids is 1. The Morgan fingerprint density at radius 1 is 0.765 bits per heavy atom. The van der Waals surface area contributed by atoms with Crippen molar-refractivity contribution in [1.29, 1.82) is 0 Å². The average molecular weight is 486 g/mol. The number of hydrogen-bond donors (Lipinski definition) is 2. The first-order chi connectivity index (χ1) is 16.8. The minimum atomic E-state index is -2.02. The average Bonchev–Trinajstić information content (AvgIpc) is 3.28.